The van der Waals surface area contributed by atoms with Crippen molar-refractivity contribution in [3.05, 3.63) is 35.5 Å². The van der Waals surface area contributed by atoms with Gasteiger partial charge in [0, 0.05) is 29.7 Å². The lowest BCUT2D eigenvalue weighted by molar-refractivity contribution is 0.0663. The van der Waals surface area contributed by atoms with Crippen LogP contribution in [0, 0.1) is 6.92 Å². The molecule has 1 aromatic heterocycles. The van der Waals surface area contributed by atoms with Crippen molar-refractivity contribution >= 4 is 10.9 Å². The van der Waals surface area contributed by atoms with E-state index in [9.17, 15) is 0 Å². The van der Waals surface area contributed by atoms with Crippen LogP contribution >= 0.6 is 0 Å². The molecule has 86 valence electrons. The maximum Gasteiger partial charge on any atom is 0.0741 e. The molecule has 2 nitrogen and oxygen atoms in total. The summed E-state index contributed by atoms with van der Waals surface area (Å²) >= 11 is 0. The van der Waals surface area contributed by atoms with Crippen molar-refractivity contribution in [2.24, 2.45) is 7.05 Å². The molecule has 2 heteroatoms. The maximum absolute atomic E-state index is 5.68. The van der Waals surface area contributed by atoms with Gasteiger partial charge in [0.15, 0.2) is 0 Å². The number of fused-ring (bicyclic) bond motifs is 1. The average molecular weight is 217 g/mol. The molecule has 0 bridgehead atoms. The zero-order chi connectivity index (χ0) is 11.7. The largest absolute Gasteiger partial charge is 0.374 e. The third-order valence-corrected chi connectivity index (χ3v) is 2.80. The predicted molar refractivity (Wildman–Crippen MR) is 67.6 cm³/mol. The van der Waals surface area contributed by atoms with Gasteiger partial charge in [-0.25, -0.2) is 0 Å². The molecule has 0 saturated carbocycles. The second kappa shape index (κ2) is 4.30. The smallest absolute Gasteiger partial charge is 0.0741 e. The second-order valence-corrected chi connectivity index (χ2v) is 4.65. The van der Waals surface area contributed by atoms with Crippen LogP contribution in [0.5, 0.6) is 0 Å². The van der Waals surface area contributed by atoms with Crippen molar-refractivity contribution < 1.29 is 4.74 Å². The highest BCUT2D eigenvalue weighted by molar-refractivity contribution is 5.84. The van der Waals surface area contributed by atoms with Crippen molar-refractivity contribution in [2.45, 2.75) is 33.5 Å². The zero-order valence-electron chi connectivity index (χ0n) is 10.4. The van der Waals surface area contributed by atoms with E-state index in [1.165, 1.54) is 22.0 Å². The van der Waals surface area contributed by atoms with Crippen molar-refractivity contribution in [1.29, 1.82) is 0 Å². The Balaban J connectivity index is 2.41. The van der Waals surface area contributed by atoms with Gasteiger partial charge in [0.1, 0.15) is 0 Å². The molecule has 0 aliphatic heterocycles. The molecule has 0 unspecified atom stereocenters. The molecule has 0 atom stereocenters. The van der Waals surface area contributed by atoms with Crippen LogP contribution < -0.4 is 0 Å². The Labute approximate surface area is 96.8 Å². The molecular formula is C14H19NO. The van der Waals surface area contributed by atoms with Crippen LogP contribution in [0.2, 0.25) is 0 Å². The standard InChI is InChI=1S/C14H19NO/c1-10(2)16-9-12-8-15(4)14-6-5-11(3)7-13(12)14/h5-8,10H,9H2,1-4H3. The van der Waals surface area contributed by atoms with Gasteiger partial charge < -0.3 is 9.30 Å². The number of hydrogen-bond donors (Lipinski definition) is 0. The van der Waals surface area contributed by atoms with Crippen LogP contribution in [0.3, 0.4) is 0 Å². The fourth-order valence-electron chi connectivity index (χ4n) is 1.96. The summed E-state index contributed by atoms with van der Waals surface area (Å²) in [6.07, 6.45) is 2.44. The van der Waals surface area contributed by atoms with Crippen LogP contribution in [0.25, 0.3) is 10.9 Å². The summed E-state index contributed by atoms with van der Waals surface area (Å²) in [6.45, 7) is 6.95. The first kappa shape index (κ1) is 11.2. The summed E-state index contributed by atoms with van der Waals surface area (Å²) in [5.74, 6) is 0. The number of benzene rings is 1. The lowest BCUT2D eigenvalue weighted by Crippen LogP contribution is -2.01. The van der Waals surface area contributed by atoms with E-state index < -0.39 is 0 Å². The van der Waals surface area contributed by atoms with Crippen molar-refractivity contribution in [2.75, 3.05) is 0 Å². The number of aromatic nitrogens is 1. The van der Waals surface area contributed by atoms with E-state index >= 15 is 0 Å². The Morgan fingerprint density at radius 1 is 1.31 bits per heavy atom. The fraction of sp³-hybridized carbons (Fsp3) is 0.429. The van der Waals surface area contributed by atoms with Gasteiger partial charge in [-0.3, -0.25) is 0 Å². The molecule has 0 saturated heterocycles. The number of rotatable bonds is 3. The fourth-order valence-corrected chi connectivity index (χ4v) is 1.96. The van der Waals surface area contributed by atoms with Gasteiger partial charge in [-0.05, 0) is 32.9 Å². The molecule has 0 aliphatic rings. The lowest BCUT2D eigenvalue weighted by atomic mass is 10.1. The molecule has 2 aromatic rings. The molecule has 16 heavy (non-hydrogen) atoms. The number of aryl methyl sites for hydroxylation is 2. The van der Waals surface area contributed by atoms with Crippen LogP contribution in [-0.4, -0.2) is 10.7 Å². The number of hydrogen-bond acceptors (Lipinski definition) is 1. The Morgan fingerprint density at radius 2 is 2.06 bits per heavy atom. The van der Waals surface area contributed by atoms with E-state index in [1.807, 2.05) is 0 Å². The van der Waals surface area contributed by atoms with Gasteiger partial charge in [-0.1, -0.05) is 11.6 Å². The number of ether oxygens (including phenoxy) is 1. The second-order valence-electron chi connectivity index (χ2n) is 4.65. The quantitative estimate of drug-likeness (QED) is 0.768. The Hall–Kier alpha value is -1.28. The highest BCUT2D eigenvalue weighted by atomic mass is 16.5. The van der Waals surface area contributed by atoms with Crippen LogP contribution in [-0.2, 0) is 18.4 Å². The molecular weight excluding hydrogens is 198 g/mol. The summed E-state index contributed by atoms with van der Waals surface area (Å²) in [5, 5.41) is 1.31. The van der Waals surface area contributed by atoms with Gasteiger partial charge in [0.05, 0.1) is 12.7 Å². The summed E-state index contributed by atoms with van der Waals surface area (Å²) in [7, 11) is 2.08. The Kier molecular flexibility index (Phi) is 3.01. The lowest BCUT2D eigenvalue weighted by Gasteiger charge is -2.06. The topological polar surface area (TPSA) is 14.2 Å². The molecule has 2 rings (SSSR count). The normalized spacial score (nSPS) is 11.6. The van der Waals surface area contributed by atoms with E-state index in [2.05, 4.69) is 56.8 Å². The first-order valence-corrected chi connectivity index (χ1v) is 5.74. The van der Waals surface area contributed by atoms with Crippen molar-refractivity contribution in [3.8, 4) is 0 Å². The maximum atomic E-state index is 5.68. The predicted octanol–water partition coefficient (Wildman–Crippen LogP) is 3.41. The molecule has 0 fully saturated rings. The highest BCUT2D eigenvalue weighted by Crippen LogP contribution is 2.22. The minimum atomic E-state index is 0.278. The molecule has 1 aromatic carbocycles. The van der Waals surface area contributed by atoms with Crippen molar-refractivity contribution in [1.82, 2.24) is 4.57 Å². The van der Waals surface area contributed by atoms with Crippen LogP contribution in [0.15, 0.2) is 24.4 Å². The Bertz CT molecular complexity index is 497. The van der Waals surface area contributed by atoms with Crippen LogP contribution in [0.4, 0.5) is 0 Å². The summed E-state index contributed by atoms with van der Waals surface area (Å²) in [6, 6.07) is 6.55. The molecule has 0 spiro atoms. The van der Waals surface area contributed by atoms with Gasteiger partial charge in [-0.15, -0.1) is 0 Å². The van der Waals surface area contributed by atoms with Gasteiger partial charge in [0.2, 0.25) is 0 Å². The van der Waals surface area contributed by atoms with Gasteiger partial charge in [-0.2, -0.15) is 0 Å². The SMILES string of the molecule is Cc1ccc2c(c1)c(COC(C)C)cn2C. The Morgan fingerprint density at radius 3 is 2.75 bits per heavy atom. The molecule has 1 heterocycles. The first-order valence-electron chi connectivity index (χ1n) is 5.74. The van der Waals surface area contributed by atoms with E-state index in [-0.39, 0.29) is 6.10 Å². The van der Waals surface area contributed by atoms with E-state index in [0.29, 0.717) is 6.61 Å². The minimum absolute atomic E-state index is 0.278. The molecule has 0 amide bonds. The monoisotopic (exact) mass is 217 g/mol. The summed E-state index contributed by atoms with van der Waals surface area (Å²) in [4.78, 5) is 0. The third-order valence-electron chi connectivity index (χ3n) is 2.80. The first-order chi connectivity index (χ1) is 7.58. The molecule has 0 radical (unpaired) electrons. The van der Waals surface area contributed by atoms with E-state index in [1.54, 1.807) is 0 Å². The summed E-state index contributed by atoms with van der Waals surface area (Å²) in [5.41, 5.74) is 3.84. The van der Waals surface area contributed by atoms with E-state index in [4.69, 9.17) is 4.74 Å². The van der Waals surface area contributed by atoms with Gasteiger partial charge in [0.25, 0.3) is 0 Å². The van der Waals surface area contributed by atoms with Crippen LogP contribution in [0.1, 0.15) is 25.0 Å². The van der Waals surface area contributed by atoms with Crippen molar-refractivity contribution in [3.63, 3.8) is 0 Å². The molecule has 0 N–H and O–H groups in total. The highest BCUT2D eigenvalue weighted by Gasteiger charge is 2.07. The minimum Gasteiger partial charge on any atom is -0.374 e. The zero-order valence-corrected chi connectivity index (χ0v) is 10.4. The third kappa shape index (κ3) is 2.12. The number of nitrogens with zero attached hydrogens (tertiary/aromatic N) is 1. The van der Waals surface area contributed by atoms with E-state index in [0.717, 1.165) is 0 Å². The average Bonchev–Trinajstić information content (AvgIpc) is 2.52. The van der Waals surface area contributed by atoms with Gasteiger partial charge >= 0.3 is 0 Å². The summed E-state index contributed by atoms with van der Waals surface area (Å²) < 4.78 is 7.84. The molecule has 0 aliphatic carbocycles.